The van der Waals surface area contributed by atoms with E-state index in [9.17, 15) is 14.7 Å². The van der Waals surface area contributed by atoms with E-state index in [4.69, 9.17) is 24.1 Å². The number of aliphatic hydroxyl groups excluding tert-OH is 1. The number of methoxy groups -OCH3 is 1. The topological polar surface area (TPSA) is 112 Å². The molecular formula is C29H44O8. The number of carbonyl (C=O) groups excluding carboxylic acids is 1. The highest BCUT2D eigenvalue weighted by Crippen LogP contribution is 2.49. The zero-order chi connectivity index (χ0) is 27.2. The summed E-state index contributed by atoms with van der Waals surface area (Å²) in [4.78, 5) is 23.4. The molecule has 2 N–H and O–H groups in total. The SMILES string of the molecule is COCCOC(=O)O[C@H](CC[C@@H]1[C@H]2Cc3cccc(OCC(=O)O)c3C[C@H]2C[C@H]1O)C(C)(C)CC(C)C. The molecule has 0 radical (unpaired) electrons. The number of carbonyl (C=O) groups is 2. The fourth-order valence-corrected chi connectivity index (χ4v) is 6.57. The van der Waals surface area contributed by atoms with Gasteiger partial charge in [-0.25, -0.2) is 9.59 Å². The van der Waals surface area contributed by atoms with Crippen LogP contribution in [0.3, 0.4) is 0 Å². The molecule has 208 valence electrons. The smallest absolute Gasteiger partial charge is 0.482 e. The summed E-state index contributed by atoms with van der Waals surface area (Å²) in [5.74, 6) is 0.810. The highest BCUT2D eigenvalue weighted by atomic mass is 16.7. The Bertz CT molecular complexity index is 911. The highest BCUT2D eigenvalue weighted by Gasteiger charge is 2.46. The molecule has 0 aromatic heterocycles. The van der Waals surface area contributed by atoms with Crippen LogP contribution in [0, 0.1) is 29.1 Å². The number of aliphatic hydroxyl groups is 1. The van der Waals surface area contributed by atoms with E-state index < -0.39 is 18.2 Å². The fourth-order valence-electron chi connectivity index (χ4n) is 6.57. The third kappa shape index (κ3) is 7.84. The van der Waals surface area contributed by atoms with Crippen molar-refractivity contribution in [3.8, 4) is 5.75 Å². The van der Waals surface area contributed by atoms with E-state index in [1.54, 1.807) is 7.11 Å². The average Bonchev–Trinajstić information content (AvgIpc) is 3.11. The Labute approximate surface area is 220 Å². The second kappa shape index (κ2) is 13.0. The first kappa shape index (κ1) is 29.2. The van der Waals surface area contributed by atoms with Crippen LogP contribution in [-0.4, -0.2) is 61.5 Å². The molecule has 0 spiro atoms. The standard InChI is InChI=1S/C29H44O8/c1-18(2)16-29(3,4)26(37-28(33)35-12-11-34-5)10-9-21-22-13-19-7-6-8-25(36-17-27(31)32)23(19)14-20(22)15-24(21)30/h6-8,18,20-22,24,26,30H,9-17H2,1-5H3,(H,31,32)/t20-,21+,22-,24+,26+/m0/s1. The van der Waals surface area contributed by atoms with E-state index in [-0.39, 0.29) is 30.7 Å². The highest BCUT2D eigenvalue weighted by molar-refractivity contribution is 5.68. The number of benzene rings is 1. The fraction of sp³-hybridized carbons (Fsp3) is 0.724. The van der Waals surface area contributed by atoms with Crippen molar-refractivity contribution >= 4 is 12.1 Å². The van der Waals surface area contributed by atoms with Gasteiger partial charge in [-0.3, -0.25) is 0 Å². The Morgan fingerprint density at radius 2 is 1.92 bits per heavy atom. The number of fused-ring (bicyclic) bond motifs is 2. The summed E-state index contributed by atoms with van der Waals surface area (Å²) < 4.78 is 21.6. The lowest BCUT2D eigenvalue weighted by Gasteiger charge is -2.37. The van der Waals surface area contributed by atoms with Crippen molar-refractivity contribution in [1.82, 2.24) is 0 Å². The molecule has 1 saturated carbocycles. The van der Waals surface area contributed by atoms with Gasteiger partial charge in [0.05, 0.1) is 12.7 Å². The second-order valence-corrected chi connectivity index (χ2v) is 11.7. The Hall–Kier alpha value is -2.32. The van der Waals surface area contributed by atoms with Crippen molar-refractivity contribution in [3.05, 3.63) is 29.3 Å². The summed E-state index contributed by atoms with van der Waals surface area (Å²) in [6.45, 7) is 8.68. The molecule has 0 unspecified atom stereocenters. The maximum absolute atomic E-state index is 12.4. The van der Waals surface area contributed by atoms with Gasteiger partial charge in [-0.2, -0.15) is 0 Å². The molecule has 0 saturated heterocycles. The van der Waals surface area contributed by atoms with E-state index in [1.807, 2.05) is 12.1 Å². The number of carboxylic acids is 1. The van der Waals surface area contributed by atoms with Crippen molar-refractivity contribution < 1.29 is 38.7 Å². The van der Waals surface area contributed by atoms with E-state index >= 15 is 0 Å². The van der Waals surface area contributed by atoms with Gasteiger partial charge in [0.2, 0.25) is 0 Å². The lowest BCUT2D eigenvalue weighted by Crippen LogP contribution is -2.37. The minimum Gasteiger partial charge on any atom is -0.482 e. The van der Waals surface area contributed by atoms with Gasteiger partial charge in [0, 0.05) is 12.5 Å². The molecule has 2 aliphatic carbocycles. The normalized spacial score (nSPS) is 23.8. The molecule has 1 fully saturated rings. The molecule has 5 atom stereocenters. The lowest BCUT2D eigenvalue weighted by atomic mass is 9.72. The Morgan fingerprint density at radius 1 is 1.16 bits per heavy atom. The Kier molecular flexibility index (Phi) is 10.2. The molecule has 0 bridgehead atoms. The Balaban J connectivity index is 1.70. The van der Waals surface area contributed by atoms with Gasteiger partial charge in [0.1, 0.15) is 18.5 Å². The lowest BCUT2D eigenvalue weighted by molar-refractivity contribution is -0.139. The van der Waals surface area contributed by atoms with Crippen molar-refractivity contribution in [2.75, 3.05) is 26.9 Å². The third-order valence-corrected chi connectivity index (χ3v) is 8.01. The second-order valence-electron chi connectivity index (χ2n) is 11.7. The van der Waals surface area contributed by atoms with Crippen LogP contribution in [-0.2, 0) is 31.8 Å². The molecule has 3 rings (SSSR count). The molecule has 8 heteroatoms. The van der Waals surface area contributed by atoms with Gasteiger partial charge in [-0.05, 0) is 79.4 Å². The predicted octanol–water partition coefficient (Wildman–Crippen LogP) is 4.88. The van der Waals surface area contributed by atoms with Gasteiger partial charge in [-0.1, -0.05) is 39.8 Å². The molecular weight excluding hydrogens is 476 g/mol. The predicted molar refractivity (Wildman–Crippen MR) is 139 cm³/mol. The van der Waals surface area contributed by atoms with Crippen molar-refractivity contribution in [2.45, 2.75) is 78.4 Å². The van der Waals surface area contributed by atoms with E-state index in [0.29, 0.717) is 43.0 Å². The molecule has 8 nitrogen and oxygen atoms in total. The van der Waals surface area contributed by atoms with Crippen LogP contribution in [0.2, 0.25) is 0 Å². The number of ether oxygens (including phenoxy) is 4. The summed E-state index contributed by atoms with van der Waals surface area (Å²) in [6.07, 6.45) is 3.18. The minimum atomic E-state index is -0.998. The first-order valence-electron chi connectivity index (χ1n) is 13.5. The first-order valence-corrected chi connectivity index (χ1v) is 13.5. The van der Waals surface area contributed by atoms with Crippen LogP contribution >= 0.6 is 0 Å². The van der Waals surface area contributed by atoms with Crippen LogP contribution in [0.25, 0.3) is 0 Å². The quantitative estimate of drug-likeness (QED) is 0.280. The van der Waals surface area contributed by atoms with Gasteiger partial charge >= 0.3 is 12.1 Å². The number of hydrogen-bond donors (Lipinski definition) is 2. The van der Waals surface area contributed by atoms with Crippen LogP contribution in [0.4, 0.5) is 4.79 Å². The van der Waals surface area contributed by atoms with Crippen LogP contribution in [0.15, 0.2) is 18.2 Å². The molecule has 2 aliphatic rings. The zero-order valence-electron chi connectivity index (χ0n) is 22.9. The molecule has 0 heterocycles. The average molecular weight is 521 g/mol. The molecule has 37 heavy (non-hydrogen) atoms. The summed E-state index contributed by atoms with van der Waals surface area (Å²) in [6, 6.07) is 5.81. The van der Waals surface area contributed by atoms with Gasteiger partial charge in [-0.15, -0.1) is 0 Å². The van der Waals surface area contributed by atoms with Gasteiger partial charge < -0.3 is 29.2 Å². The first-order chi connectivity index (χ1) is 17.5. The zero-order valence-corrected chi connectivity index (χ0v) is 22.9. The molecule has 0 aliphatic heterocycles. The van der Waals surface area contributed by atoms with Crippen LogP contribution in [0.5, 0.6) is 5.75 Å². The number of hydrogen-bond acceptors (Lipinski definition) is 7. The molecule has 0 amide bonds. The van der Waals surface area contributed by atoms with E-state index in [1.165, 1.54) is 0 Å². The number of rotatable bonds is 13. The van der Waals surface area contributed by atoms with Crippen molar-refractivity contribution in [2.24, 2.45) is 29.1 Å². The Morgan fingerprint density at radius 3 is 2.59 bits per heavy atom. The van der Waals surface area contributed by atoms with Crippen LogP contribution < -0.4 is 4.74 Å². The maximum Gasteiger partial charge on any atom is 0.508 e. The molecule has 1 aromatic rings. The maximum atomic E-state index is 12.4. The van der Waals surface area contributed by atoms with E-state index in [2.05, 4.69) is 33.8 Å². The summed E-state index contributed by atoms with van der Waals surface area (Å²) in [5.41, 5.74) is 1.99. The molecule has 1 aromatic carbocycles. The number of aliphatic carboxylic acids is 1. The van der Waals surface area contributed by atoms with Crippen molar-refractivity contribution in [1.29, 1.82) is 0 Å². The largest absolute Gasteiger partial charge is 0.508 e. The van der Waals surface area contributed by atoms with Crippen molar-refractivity contribution in [3.63, 3.8) is 0 Å². The third-order valence-electron chi connectivity index (χ3n) is 8.01. The monoisotopic (exact) mass is 520 g/mol. The van der Waals surface area contributed by atoms with Gasteiger partial charge in [0.15, 0.2) is 6.61 Å². The van der Waals surface area contributed by atoms with Gasteiger partial charge in [0.25, 0.3) is 0 Å². The van der Waals surface area contributed by atoms with Crippen LogP contribution in [0.1, 0.15) is 64.5 Å². The minimum absolute atomic E-state index is 0.104. The number of carboxylic acid groups (broad SMARTS) is 1. The summed E-state index contributed by atoms with van der Waals surface area (Å²) in [7, 11) is 1.55. The van der Waals surface area contributed by atoms with E-state index in [0.717, 1.165) is 36.8 Å². The summed E-state index contributed by atoms with van der Waals surface area (Å²) in [5, 5.41) is 20.1. The summed E-state index contributed by atoms with van der Waals surface area (Å²) >= 11 is 0.